The summed E-state index contributed by atoms with van der Waals surface area (Å²) < 4.78 is 53.4. The zero-order valence-corrected chi connectivity index (χ0v) is 15.2. The summed E-state index contributed by atoms with van der Waals surface area (Å²) in [6.45, 7) is 4.96. The van der Waals surface area contributed by atoms with Gasteiger partial charge in [0, 0.05) is 35.9 Å². The van der Waals surface area contributed by atoms with E-state index in [4.69, 9.17) is 0 Å². The molecule has 1 aliphatic rings. The molecule has 0 bridgehead atoms. The number of halogens is 4. The van der Waals surface area contributed by atoms with Crippen molar-refractivity contribution in [3.63, 3.8) is 0 Å². The van der Waals surface area contributed by atoms with Crippen molar-refractivity contribution in [1.29, 1.82) is 0 Å². The van der Waals surface area contributed by atoms with Gasteiger partial charge in [-0.05, 0) is 31.2 Å². The summed E-state index contributed by atoms with van der Waals surface area (Å²) in [6, 6.07) is 5.50. The Labute approximate surface area is 162 Å². The molecule has 0 aliphatic carbocycles. The highest BCUT2D eigenvalue weighted by Gasteiger charge is 2.36. The van der Waals surface area contributed by atoms with Crippen LogP contribution < -0.4 is 0 Å². The van der Waals surface area contributed by atoms with Crippen LogP contribution in [0.3, 0.4) is 0 Å². The number of carbonyl (C=O) groups excluding carboxylic acids is 1. The van der Waals surface area contributed by atoms with Gasteiger partial charge in [0.1, 0.15) is 11.4 Å². The summed E-state index contributed by atoms with van der Waals surface area (Å²) in [7, 11) is 0. The minimum Gasteiger partial charge on any atom is -0.332 e. The monoisotopic (exact) mass is 405 g/mol. The topological polar surface area (TPSA) is 63.9 Å². The van der Waals surface area contributed by atoms with E-state index in [1.165, 1.54) is 17.9 Å². The molecule has 4 heterocycles. The Balaban J connectivity index is 1.73. The molecule has 1 amide bonds. The summed E-state index contributed by atoms with van der Waals surface area (Å²) in [5.74, 6) is -1.80. The number of carbonyl (C=O) groups is 1. The Bertz CT molecular complexity index is 1130. The molecule has 0 N–H and O–H groups in total. The minimum atomic E-state index is -4.53. The maximum Gasteiger partial charge on any atom is 0.433 e. The van der Waals surface area contributed by atoms with Gasteiger partial charge in [-0.25, -0.2) is 19.0 Å². The lowest BCUT2D eigenvalue weighted by Crippen LogP contribution is -2.51. The Morgan fingerprint density at radius 3 is 2.59 bits per heavy atom. The molecule has 0 atom stereocenters. The smallest absolute Gasteiger partial charge is 0.332 e. The van der Waals surface area contributed by atoms with Crippen molar-refractivity contribution in [2.45, 2.75) is 19.1 Å². The van der Waals surface area contributed by atoms with E-state index in [0.717, 1.165) is 6.07 Å². The van der Waals surface area contributed by atoms with Crippen LogP contribution >= 0.6 is 0 Å². The van der Waals surface area contributed by atoms with Crippen LogP contribution in [-0.4, -0.2) is 43.6 Å². The van der Waals surface area contributed by atoms with E-state index in [2.05, 4.69) is 21.6 Å². The van der Waals surface area contributed by atoms with Gasteiger partial charge in [-0.3, -0.25) is 4.79 Å². The summed E-state index contributed by atoms with van der Waals surface area (Å²) in [4.78, 5) is 21.0. The normalized spacial score (nSPS) is 14.9. The molecule has 10 heteroatoms. The molecule has 1 aliphatic heterocycles. The average molecular weight is 405 g/mol. The van der Waals surface area contributed by atoms with Crippen molar-refractivity contribution < 1.29 is 22.4 Å². The fourth-order valence-corrected chi connectivity index (χ4v) is 3.34. The van der Waals surface area contributed by atoms with Gasteiger partial charge < -0.3 is 4.90 Å². The predicted molar refractivity (Wildman–Crippen MR) is 96.4 cm³/mol. The van der Waals surface area contributed by atoms with E-state index >= 15 is 0 Å². The number of amides is 1. The number of hydrogen-bond acceptors (Lipinski definition) is 4. The molecule has 3 aromatic heterocycles. The van der Waals surface area contributed by atoms with E-state index in [9.17, 15) is 22.4 Å². The zero-order valence-electron chi connectivity index (χ0n) is 15.2. The first-order valence-electron chi connectivity index (χ1n) is 8.69. The highest BCUT2D eigenvalue weighted by atomic mass is 19.4. The number of likely N-dealkylation sites (tertiary alicyclic amines) is 1. The first-order chi connectivity index (χ1) is 13.7. The molecular weight excluding hydrogens is 390 g/mol. The molecule has 4 rings (SSSR count). The fraction of sp³-hybridized carbons (Fsp3) is 0.263. The number of fused-ring (bicyclic) bond motifs is 1. The Morgan fingerprint density at radius 1 is 1.24 bits per heavy atom. The molecule has 0 saturated carbocycles. The first kappa shape index (κ1) is 19.0. The third-order valence-corrected chi connectivity index (χ3v) is 4.83. The second-order valence-corrected chi connectivity index (χ2v) is 6.76. The quantitative estimate of drug-likeness (QED) is 0.493. The highest BCUT2D eigenvalue weighted by Crippen LogP contribution is 2.35. The van der Waals surface area contributed by atoms with Gasteiger partial charge in [-0.2, -0.15) is 18.3 Å². The molecule has 0 radical (unpaired) electrons. The van der Waals surface area contributed by atoms with Gasteiger partial charge >= 0.3 is 6.18 Å². The van der Waals surface area contributed by atoms with Crippen LogP contribution in [0.1, 0.15) is 17.4 Å². The summed E-state index contributed by atoms with van der Waals surface area (Å²) in [5.41, 5.74) is 0.651. The largest absolute Gasteiger partial charge is 0.433 e. The number of aromatic nitrogens is 4. The van der Waals surface area contributed by atoms with Gasteiger partial charge in [0.25, 0.3) is 5.91 Å². The van der Waals surface area contributed by atoms with Crippen LogP contribution in [0, 0.1) is 6.92 Å². The maximum absolute atomic E-state index is 13.0. The highest BCUT2D eigenvalue weighted by molar-refractivity contribution is 5.92. The number of alkyl halides is 3. The zero-order chi connectivity index (χ0) is 20.9. The lowest BCUT2D eigenvalue weighted by atomic mass is 10.1. The molecular formula is C19H15F4N5O. The van der Waals surface area contributed by atoms with Crippen LogP contribution in [0.15, 0.2) is 42.9 Å². The predicted octanol–water partition coefficient (Wildman–Crippen LogP) is 3.69. The number of rotatable bonds is 3. The third kappa shape index (κ3) is 3.24. The summed E-state index contributed by atoms with van der Waals surface area (Å²) >= 11 is 0. The Hall–Kier alpha value is -3.30. The molecule has 0 aromatic carbocycles. The fourth-order valence-electron chi connectivity index (χ4n) is 3.34. The summed E-state index contributed by atoms with van der Waals surface area (Å²) in [5, 5.41) is 5.20. The molecule has 0 unspecified atom stereocenters. The van der Waals surface area contributed by atoms with Crippen LogP contribution in [0.25, 0.3) is 22.3 Å². The van der Waals surface area contributed by atoms with E-state index < -0.39 is 23.6 Å². The number of nitrogens with zero attached hydrogens (tertiary/aromatic N) is 5. The van der Waals surface area contributed by atoms with Crippen molar-refractivity contribution in [2.75, 3.05) is 13.1 Å². The van der Waals surface area contributed by atoms with Crippen LogP contribution in [0.4, 0.5) is 17.6 Å². The van der Waals surface area contributed by atoms with Crippen molar-refractivity contribution in [1.82, 2.24) is 24.6 Å². The SMILES string of the molecule is C=C(F)C(=O)N1CC(n2nc(-c3ccc(C(F)(F)F)nc3C)c3cccnc32)C1. The lowest BCUT2D eigenvalue weighted by Gasteiger charge is -2.38. The summed E-state index contributed by atoms with van der Waals surface area (Å²) in [6.07, 6.45) is -2.96. The maximum atomic E-state index is 13.0. The molecule has 1 saturated heterocycles. The van der Waals surface area contributed by atoms with Gasteiger partial charge in [0.2, 0.25) is 0 Å². The molecule has 29 heavy (non-hydrogen) atoms. The number of hydrogen-bond donors (Lipinski definition) is 0. The van der Waals surface area contributed by atoms with Gasteiger partial charge in [0.15, 0.2) is 11.5 Å². The number of aryl methyl sites for hydroxylation is 1. The van der Waals surface area contributed by atoms with Crippen molar-refractivity contribution in [2.24, 2.45) is 0 Å². The minimum absolute atomic E-state index is 0.189. The van der Waals surface area contributed by atoms with Crippen molar-refractivity contribution in [3.8, 4) is 11.3 Å². The van der Waals surface area contributed by atoms with Crippen molar-refractivity contribution in [3.05, 3.63) is 54.3 Å². The van der Waals surface area contributed by atoms with Crippen molar-refractivity contribution >= 4 is 16.9 Å². The van der Waals surface area contributed by atoms with Gasteiger partial charge in [-0.15, -0.1) is 0 Å². The van der Waals surface area contributed by atoms with Crippen LogP contribution in [-0.2, 0) is 11.0 Å². The van der Waals surface area contributed by atoms with Crippen LogP contribution in [0.5, 0.6) is 0 Å². The Morgan fingerprint density at radius 2 is 1.97 bits per heavy atom. The number of pyridine rings is 2. The standard InChI is InChI=1S/C19H15F4N5O/c1-10(20)18(29)27-8-12(9-27)28-17-14(4-3-7-24-17)16(26-28)13-5-6-15(19(21,22)23)25-11(13)2/h3-7,12H,1,8-9H2,2H3. The van der Waals surface area contributed by atoms with E-state index in [1.54, 1.807) is 23.0 Å². The molecule has 6 nitrogen and oxygen atoms in total. The van der Waals surface area contributed by atoms with E-state index in [-0.39, 0.29) is 24.8 Å². The van der Waals surface area contributed by atoms with Gasteiger partial charge in [-0.1, -0.05) is 6.58 Å². The average Bonchev–Trinajstić information content (AvgIpc) is 2.99. The van der Waals surface area contributed by atoms with E-state index in [1.807, 2.05) is 0 Å². The van der Waals surface area contributed by atoms with Gasteiger partial charge in [0.05, 0.1) is 6.04 Å². The third-order valence-electron chi connectivity index (χ3n) is 4.83. The van der Waals surface area contributed by atoms with E-state index in [0.29, 0.717) is 22.3 Å². The lowest BCUT2D eigenvalue weighted by molar-refractivity contribution is -0.141. The van der Waals surface area contributed by atoms with Crippen LogP contribution in [0.2, 0.25) is 0 Å². The molecule has 0 spiro atoms. The molecule has 1 fully saturated rings. The molecule has 3 aromatic rings. The Kier molecular flexibility index (Phi) is 4.36. The molecule has 150 valence electrons. The second-order valence-electron chi connectivity index (χ2n) is 6.76. The second kappa shape index (κ2) is 6.64. The first-order valence-corrected chi connectivity index (χ1v) is 8.69.